The minimum absolute atomic E-state index is 0.0565. The van der Waals surface area contributed by atoms with Gasteiger partial charge in [-0.25, -0.2) is 19.8 Å². The summed E-state index contributed by atoms with van der Waals surface area (Å²) in [5.41, 5.74) is 6.63. The van der Waals surface area contributed by atoms with Crippen LogP contribution in [0.2, 0.25) is 0 Å². The average Bonchev–Trinajstić information content (AvgIpc) is 2.31. The largest absolute Gasteiger partial charge is 0.466 e. The van der Waals surface area contributed by atoms with Crippen LogP contribution in [0.15, 0.2) is 16.8 Å². The Morgan fingerprint density at radius 3 is 2.24 bits per heavy atom. The number of rotatable bonds is 4. The molecule has 0 spiro atoms. The van der Waals surface area contributed by atoms with E-state index in [0.29, 0.717) is 0 Å². The van der Waals surface area contributed by atoms with Gasteiger partial charge in [0.1, 0.15) is 0 Å². The second kappa shape index (κ2) is 6.99. The molecular weight excluding hydrogens is 230 g/mol. The number of nitrogens with two attached hydrogens (primary N) is 1. The minimum atomic E-state index is -0.897. The Kier molecular flexibility index (Phi) is 6.01. The van der Waals surface area contributed by atoms with Crippen LogP contribution in [0.4, 0.5) is 4.79 Å². The molecule has 0 heterocycles. The first-order valence-corrected chi connectivity index (χ1v) is 4.40. The highest BCUT2D eigenvalue weighted by molar-refractivity contribution is 6.21. The second-order valence-corrected chi connectivity index (χ2v) is 2.75. The van der Waals surface area contributed by atoms with Crippen LogP contribution in [-0.2, 0) is 19.1 Å². The van der Waals surface area contributed by atoms with E-state index in [9.17, 15) is 14.4 Å². The second-order valence-electron chi connectivity index (χ2n) is 2.75. The normalized spacial score (nSPS) is 11.7. The summed E-state index contributed by atoms with van der Waals surface area (Å²) in [6, 6.07) is -0.897. The molecule has 8 nitrogen and oxygen atoms in total. The van der Waals surface area contributed by atoms with Crippen molar-refractivity contribution < 1.29 is 23.9 Å². The van der Waals surface area contributed by atoms with E-state index in [1.807, 2.05) is 5.43 Å². The number of nitrogens with zero attached hydrogens (tertiary/aromatic N) is 1. The highest BCUT2D eigenvalue weighted by Crippen LogP contribution is 2.02. The van der Waals surface area contributed by atoms with Gasteiger partial charge in [0.25, 0.3) is 0 Å². The van der Waals surface area contributed by atoms with Gasteiger partial charge in [0, 0.05) is 6.08 Å². The van der Waals surface area contributed by atoms with Gasteiger partial charge in [-0.1, -0.05) is 0 Å². The van der Waals surface area contributed by atoms with Crippen LogP contribution in [-0.4, -0.2) is 37.9 Å². The molecule has 3 N–H and O–H groups in total. The Bertz CT molecular complexity index is 386. The van der Waals surface area contributed by atoms with E-state index >= 15 is 0 Å². The number of hydrazone groups is 1. The molecule has 0 bridgehead atoms. The highest BCUT2D eigenvalue weighted by Gasteiger charge is 2.15. The van der Waals surface area contributed by atoms with Crippen molar-refractivity contribution in [3.05, 3.63) is 11.6 Å². The monoisotopic (exact) mass is 243 g/mol. The lowest BCUT2D eigenvalue weighted by atomic mass is 10.1. The molecule has 2 amide bonds. The highest BCUT2D eigenvalue weighted by atomic mass is 16.5. The molecule has 0 aromatic rings. The van der Waals surface area contributed by atoms with Crippen molar-refractivity contribution in [3.63, 3.8) is 0 Å². The third-order valence-corrected chi connectivity index (χ3v) is 1.59. The molecule has 8 heteroatoms. The number of hydrogen-bond acceptors (Lipinski definition) is 6. The smallest absolute Gasteiger partial charge is 0.340 e. The number of nitrogens with one attached hydrogen (secondary N) is 1. The minimum Gasteiger partial charge on any atom is -0.466 e. The van der Waals surface area contributed by atoms with Gasteiger partial charge < -0.3 is 15.2 Å². The number of primary amides is 1. The lowest BCUT2D eigenvalue weighted by Crippen LogP contribution is -2.26. The van der Waals surface area contributed by atoms with Crippen LogP contribution < -0.4 is 11.2 Å². The quantitative estimate of drug-likeness (QED) is 0.293. The molecule has 0 radical (unpaired) electrons. The fourth-order valence-corrected chi connectivity index (χ4v) is 0.797. The van der Waals surface area contributed by atoms with Gasteiger partial charge in [-0.2, -0.15) is 5.10 Å². The summed E-state index contributed by atoms with van der Waals surface area (Å²) in [7, 11) is 2.30. The molecule has 0 aliphatic rings. The van der Waals surface area contributed by atoms with Crippen molar-refractivity contribution >= 4 is 23.7 Å². The summed E-state index contributed by atoms with van der Waals surface area (Å²) < 4.78 is 8.81. The van der Waals surface area contributed by atoms with Crippen LogP contribution in [0.25, 0.3) is 0 Å². The molecule has 0 aromatic carbocycles. The topological polar surface area (TPSA) is 120 Å². The number of carbonyl (C=O) groups is 3. The number of hydrogen-bond donors (Lipinski definition) is 2. The number of ether oxygens (including phenoxy) is 2. The van der Waals surface area contributed by atoms with Crippen LogP contribution in [0, 0.1) is 0 Å². The molecule has 0 aliphatic carbocycles. The number of methoxy groups -OCH3 is 2. The molecule has 0 aliphatic heterocycles. The molecular formula is C9H13N3O5. The zero-order valence-corrected chi connectivity index (χ0v) is 9.64. The Hall–Kier alpha value is -2.38. The first-order valence-electron chi connectivity index (χ1n) is 4.40. The summed E-state index contributed by atoms with van der Waals surface area (Å²) in [6.07, 6.45) is 0.896. The molecule has 94 valence electrons. The molecule has 0 aromatic heterocycles. The molecule has 0 saturated heterocycles. The van der Waals surface area contributed by atoms with Crippen LogP contribution >= 0.6 is 0 Å². The SMILES string of the molecule is COC(=O)C=C(C(=O)OC)C(C)=NNC(N)=O. The van der Waals surface area contributed by atoms with Crippen molar-refractivity contribution in [2.75, 3.05) is 14.2 Å². The Morgan fingerprint density at radius 2 is 1.82 bits per heavy atom. The van der Waals surface area contributed by atoms with Crippen molar-refractivity contribution in [3.8, 4) is 0 Å². The third-order valence-electron chi connectivity index (χ3n) is 1.59. The third kappa shape index (κ3) is 5.30. The van der Waals surface area contributed by atoms with E-state index in [4.69, 9.17) is 5.73 Å². The van der Waals surface area contributed by atoms with E-state index in [0.717, 1.165) is 20.3 Å². The van der Waals surface area contributed by atoms with E-state index in [1.54, 1.807) is 0 Å². The number of carbonyl (C=O) groups excluding carboxylic acids is 3. The van der Waals surface area contributed by atoms with Gasteiger partial charge in [-0.3, -0.25) is 0 Å². The Balaban J connectivity index is 5.12. The first kappa shape index (κ1) is 14.6. The molecule has 0 fully saturated rings. The summed E-state index contributed by atoms with van der Waals surface area (Å²) in [6.45, 7) is 1.39. The zero-order valence-electron chi connectivity index (χ0n) is 9.64. The fraction of sp³-hybridized carbons (Fsp3) is 0.333. The van der Waals surface area contributed by atoms with Gasteiger partial charge in [-0.05, 0) is 6.92 Å². The van der Waals surface area contributed by atoms with Gasteiger partial charge in [-0.15, -0.1) is 0 Å². The van der Waals surface area contributed by atoms with Crippen molar-refractivity contribution in [1.82, 2.24) is 5.43 Å². The molecule has 0 rings (SSSR count). The Labute approximate surface area is 97.4 Å². The summed E-state index contributed by atoms with van der Waals surface area (Å²) in [5, 5.41) is 3.50. The predicted octanol–water partition coefficient (Wildman–Crippen LogP) is -0.697. The van der Waals surface area contributed by atoms with E-state index in [2.05, 4.69) is 14.6 Å². The maximum Gasteiger partial charge on any atom is 0.340 e. The lowest BCUT2D eigenvalue weighted by Gasteiger charge is -2.04. The van der Waals surface area contributed by atoms with Gasteiger partial charge in [0.15, 0.2) is 0 Å². The van der Waals surface area contributed by atoms with E-state index in [1.165, 1.54) is 6.92 Å². The lowest BCUT2D eigenvalue weighted by molar-refractivity contribution is -0.138. The number of urea groups is 1. The summed E-state index contributed by atoms with van der Waals surface area (Å²) in [5.74, 6) is -1.54. The van der Waals surface area contributed by atoms with Crippen molar-refractivity contribution in [2.24, 2.45) is 10.8 Å². The molecule has 0 atom stereocenters. The summed E-state index contributed by atoms with van der Waals surface area (Å²) >= 11 is 0. The summed E-state index contributed by atoms with van der Waals surface area (Å²) in [4.78, 5) is 32.8. The fourth-order valence-electron chi connectivity index (χ4n) is 0.797. The average molecular weight is 243 g/mol. The van der Waals surface area contributed by atoms with Crippen molar-refractivity contribution in [2.45, 2.75) is 6.92 Å². The molecule has 0 unspecified atom stereocenters. The Morgan fingerprint density at radius 1 is 1.24 bits per heavy atom. The molecule has 0 saturated carbocycles. The van der Waals surface area contributed by atoms with E-state index < -0.39 is 18.0 Å². The van der Waals surface area contributed by atoms with Crippen LogP contribution in [0.5, 0.6) is 0 Å². The zero-order chi connectivity index (χ0) is 13.4. The van der Waals surface area contributed by atoms with Gasteiger partial charge in [0.05, 0.1) is 25.5 Å². The maximum absolute atomic E-state index is 11.3. The first-order chi connectivity index (χ1) is 7.92. The standard InChI is InChI=1S/C9H13N3O5/c1-5(11-12-9(10)15)6(8(14)17-3)4-7(13)16-2/h4H,1-3H3,(H3,10,12,15). The van der Waals surface area contributed by atoms with E-state index in [-0.39, 0.29) is 11.3 Å². The van der Waals surface area contributed by atoms with Gasteiger partial charge >= 0.3 is 18.0 Å². The van der Waals surface area contributed by atoms with Crippen molar-refractivity contribution in [1.29, 1.82) is 0 Å². The predicted molar refractivity (Wildman–Crippen MR) is 57.9 cm³/mol. The number of amides is 2. The maximum atomic E-state index is 11.3. The van der Waals surface area contributed by atoms with Crippen LogP contribution in [0.1, 0.15) is 6.92 Å². The number of esters is 2. The molecule has 17 heavy (non-hydrogen) atoms. The van der Waals surface area contributed by atoms with Gasteiger partial charge in [0.2, 0.25) is 0 Å². The van der Waals surface area contributed by atoms with Crippen LogP contribution in [0.3, 0.4) is 0 Å².